The first kappa shape index (κ1) is 12.1. The van der Waals surface area contributed by atoms with E-state index in [4.69, 9.17) is 9.84 Å². The lowest BCUT2D eigenvalue weighted by atomic mass is 10.3. The summed E-state index contributed by atoms with van der Waals surface area (Å²) < 4.78 is 4.92. The van der Waals surface area contributed by atoms with Crippen LogP contribution in [0.1, 0.15) is 6.92 Å². The summed E-state index contributed by atoms with van der Waals surface area (Å²) in [5.74, 6) is -0.162. The fraction of sp³-hybridized carbons (Fsp3) is 0.364. The third kappa shape index (κ3) is 3.57. The van der Waals surface area contributed by atoms with Crippen molar-refractivity contribution in [3.8, 4) is 5.75 Å². The maximum Gasteiger partial charge on any atom is 0.340 e. The molecule has 1 rings (SSSR count). The molecule has 0 radical (unpaired) electrons. The van der Waals surface area contributed by atoms with Gasteiger partial charge in [-0.25, -0.2) is 4.79 Å². The molecule has 15 heavy (non-hydrogen) atoms. The average Bonchev–Trinajstić information content (AvgIpc) is 2.18. The number of aliphatic hydroxyl groups excluding tert-OH is 1. The Labute approximate surface area is 92.4 Å². The van der Waals surface area contributed by atoms with Gasteiger partial charge in [-0.2, -0.15) is 0 Å². The Kier molecular flexibility index (Phi) is 4.17. The summed E-state index contributed by atoms with van der Waals surface area (Å²) in [5, 5.41) is 8.95. The van der Waals surface area contributed by atoms with E-state index in [1.165, 1.54) is 11.8 Å². The Bertz CT molecular complexity index is 330. The lowest BCUT2D eigenvalue weighted by molar-refractivity contribution is -0.142. The van der Waals surface area contributed by atoms with E-state index in [1.54, 1.807) is 12.1 Å². The van der Waals surface area contributed by atoms with Crippen LogP contribution in [-0.2, 0) is 15.7 Å². The highest BCUT2D eigenvalue weighted by Crippen LogP contribution is 2.16. The zero-order chi connectivity index (χ0) is 11.4. The molecule has 0 aliphatic heterocycles. The van der Waals surface area contributed by atoms with Crippen LogP contribution >= 0.6 is 0 Å². The summed E-state index contributed by atoms with van der Waals surface area (Å²) in [7, 11) is 0.201. The molecule has 1 aromatic rings. The third-order valence-corrected chi connectivity index (χ3v) is 3.07. The normalized spacial score (nSPS) is 12.6. The monoisotopic (exact) mass is 227 g/mol. The van der Waals surface area contributed by atoms with Gasteiger partial charge < -0.3 is 9.84 Å². The van der Waals surface area contributed by atoms with Crippen LogP contribution in [0.25, 0.3) is 0 Å². The number of ether oxygens (including phenoxy) is 1. The molecule has 1 aromatic carbocycles. The Morgan fingerprint density at radius 1 is 1.33 bits per heavy atom. The molecular weight excluding hydrogens is 212 g/mol. The van der Waals surface area contributed by atoms with Gasteiger partial charge in [-0.05, 0) is 31.2 Å². The first-order valence-corrected chi connectivity index (χ1v) is 6.62. The van der Waals surface area contributed by atoms with E-state index >= 15 is 0 Å². The van der Waals surface area contributed by atoms with Crippen molar-refractivity contribution in [2.45, 2.75) is 17.9 Å². The first-order chi connectivity index (χ1) is 7.00. The number of hydrogen-bond acceptors (Lipinski definition) is 3. The molecule has 0 amide bonds. The van der Waals surface area contributed by atoms with Gasteiger partial charge in [0, 0.05) is 10.9 Å². The number of carbonyl (C=O) groups is 1. The quantitative estimate of drug-likeness (QED) is 0.479. The lowest BCUT2D eigenvalue weighted by Gasteiger charge is -2.05. The van der Waals surface area contributed by atoms with E-state index in [0.29, 0.717) is 5.75 Å². The molecule has 0 heterocycles. The summed E-state index contributed by atoms with van der Waals surface area (Å²) in [4.78, 5) is 12.3. The third-order valence-electron chi connectivity index (χ3n) is 1.85. The Balaban J connectivity index is 2.69. The standard InChI is InChI=1S/C11H15O3S/c1-8(12)11(13)14-9-4-6-10(7-5-9)15(2)3/h4-8,12H,1-3H3/q+1. The van der Waals surface area contributed by atoms with Crippen LogP contribution in [0, 0.1) is 0 Å². The minimum Gasteiger partial charge on any atom is -0.425 e. The van der Waals surface area contributed by atoms with Gasteiger partial charge in [0.15, 0.2) is 4.90 Å². The second-order valence-corrected chi connectivity index (χ2v) is 5.49. The van der Waals surface area contributed by atoms with Gasteiger partial charge in [0.05, 0.1) is 0 Å². The van der Waals surface area contributed by atoms with Crippen molar-refractivity contribution in [1.82, 2.24) is 0 Å². The maximum atomic E-state index is 11.1. The molecular formula is C11H15O3S+. The molecule has 3 nitrogen and oxygen atoms in total. The number of rotatable bonds is 3. The summed E-state index contributed by atoms with van der Waals surface area (Å²) in [6.07, 6.45) is 3.16. The Hall–Kier alpha value is -1.00. The van der Waals surface area contributed by atoms with E-state index in [2.05, 4.69) is 12.5 Å². The van der Waals surface area contributed by atoms with Crippen LogP contribution in [0.3, 0.4) is 0 Å². The Morgan fingerprint density at radius 2 is 1.87 bits per heavy atom. The van der Waals surface area contributed by atoms with Crippen LogP contribution in [0.15, 0.2) is 29.2 Å². The number of carbonyl (C=O) groups excluding carboxylic acids is 1. The van der Waals surface area contributed by atoms with Gasteiger partial charge in [0.1, 0.15) is 24.4 Å². The lowest BCUT2D eigenvalue weighted by Crippen LogP contribution is -2.22. The zero-order valence-electron chi connectivity index (χ0n) is 9.06. The second-order valence-electron chi connectivity index (χ2n) is 3.38. The highest BCUT2D eigenvalue weighted by atomic mass is 32.2. The topological polar surface area (TPSA) is 46.5 Å². The largest absolute Gasteiger partial charge is 0.425 e. The van der Waals surface area contributed by atoms with Gasteiger partial charge in [0.2, 0.25) is 0 Å². The number of benzene rings is 1. The van der Waals surface area contributed by atoms with E-state index in [0.717, 1.165) is 0 Å². The molecule has 0 fully saturated rings. The van der Waals surface area contributed by atoms with Crippen LogP contribution in [0.2, 0.25) is 0 Å². The van der Waals surface area contributed by atoms with Gasteiger partial charge in [-0.1, -0.05) is 0 Å². The minimum absolute atomic E-state index is 0.201. The SMILES string of the molecule is CC(O)C(=O)Oc1ccc([S+](C)C)cc1. The molecule has 0 aliphatic carbocycles. The molecule has 1 atom stereocenters. The van der Waals surface area contributed by atoms with Crippen molar-refractivity contribution in [1.29, 1.82) is 0 Å². The molecule has 0 aromatic heterocycles. The number of esters is 1. The van der Waals surface area contributed by atoms with Gasteiger partial charge in [-0.15, -0.1) is 0 Å². The van der Waals surface area contributed by atoms with Gasteiger partial charge in [-0.3, -0.25) is 0 Å². The van der Waals surface area contributed by atoms with Crippen molar-refractivity contribution in [3.05, 3.63) is 24.3 Å². The van der Waals surface area contributed by atoms with E-state index in [1.807, 2.05) is 12.1 Å². The minimum atomic E-state index is -1.09. The van der Waals surface area contributed by atoms with E-state index in [9.17, 15) is 4.79 Å². The van der Waals surface area contributed by atoms with Crippen LogP contribution in [0.5, 0.6) is 5.75 Å². The molecule has 82 valence electrons. The average molecular weight is 227 g/mol. The fourth-order valence-electron chi connectivity index (χ4n) is 0.981. The molecule has 4 heteroatoms. The van der Waals surface area contributed by atoms with E-state index < -0.39 is 12.1 Å². The summed E-state index contributed by atoms with van der Waals surface area (Å²) in [6.45, 7) is 1.38. The predicted molar refractivity (Wildman–Crippen MR) is 61.2 cm³/mol. The van der Waals surface area contributed by atoms with Crippen molar-refractivity contribution in [2.24, 2.45) is 0 Å². The van der Waals surface area contributed by atoms with Crippen LogP contribution in [0.4, 0.5) is 0 Å². The number of aliphatic hydroxyl groups is 1. The maximum absolute atomic E-state index is 11.1. The number of hydrogen-bond donors (Lipinski definition) is 1. The molecule has 0 spiro atoms. The highest BCUT2D eigenvalue weighted by Gasteiger charge is 2.12. The summed E-state index contributed by atoms with van der Waals surface area (Å²) in [5.41, 5.74) is 0. The van der Waals surface area contributed by atoms with E-state index in [-0.39, 0.29) is 10.9 Å². The fourth-order valence-corrected chi connectivity index (χ4v) is 1.66. The van der Waals surface area contributed by atoms with Crippen molar-refractivity contribution >= 4 is 16.9 Å². The molecule has 0 aliphatic rings. The molecule has 1 unspecified atom stereocenters. The van der Waals surface area contributed by atoms with Gasteiger partial charge in [0.25, 0.3) is 0 Å². The molecule has 0 bridgehead atoms. The summed E-state index contributed by atoms with van der Waals surface area (Å²) in [6, 6.07) is 7.33. The first-order valence-electron chi connectivity index (χ1n) is 4.58. The second kappa shape index (κ2) is 5.19. The zero-order valence-corrected chi connectivity index (χ0v) is 9.88. The molecule has 1 N–H and O–H groups in total. The smallest absolute Gasteiger partial charge is 0.340 e. The molecule has 0 saturated heterocycles. The molecule has 0 saturated carbocycles. The van der Waals surface area contributed by atoms with Crippen molar-refractivity contribution < 1.29 is 14.6 Å². The predicted octanol–water partition coefficient (Wildman–Crippen LogP) is 1.21. The van der Waals surface area contributed by atoms with Crippen molar-refractivity contribution in [2.75, 3.05) is 12.5 Å². The van der Waals surface area contributed by atoms with Crippen LogP contribution in [-0.4, -0.2) is 29.7 Å². The highest BCUT2D eigenvalue weighted by molar-refractivity contribution is 7.95. The van der Waals surface area contributed by atoms with Crippen molar-refractivity contribution in [3.63, 3.8) is 0 Å². The summed E-state index contributed by atoms with van der Waals surface area (Å²) >= 11 is 0. The Morgan fingerprint density at radius 3 is 2.27 bits per heavy atom. The van der Waals surface area contributed by atoms with Gasteiger partial charge >= 0.3 is 5.97 Å². The van der Waals surface area contributed by atoms with Crippen LogP contribution < -0.4 is 4.74 Å².